The summed E-state index contributed by atoms with van der Waals surface area (Å²) in [4.78, 5) is 9.38. The van der Waals surface area contributed by atoms with E-state index in [1.165, 1.54) is 6.07 Å². The average Bonchev–Trinajstić information content (AvgIpc) is 2.18. The molecule has 0 saturated carbocycles. The number of nitro groups is 1. The van der Waals surface area contributed by atoms with Crippen LogP contribution in [0.5, 0.6) is 0 Å². The van der Waals surface area contributed by atoms with E-state index in [-0.39, 0.29) is 6.42 Å². The van der Waals surface area contributed by atoms with Crippen LogP contribution in [0.1, 0.15) is 11.1 Å². The number of nitrogens with zero attached hydrogens (tertiary/aromatic N) is 2. The lowest BCUT2D eigenvalue weighted by Crippen LogP contribution is -2.21. The minimum atomic E-state index is -1.61. The van der Waals surface area contributed by atoms with Crippen molar-refractivity contribution in [2.45, 2.75) is 12.6 Å². The topological polar surface area (TPSA) is 87.2 Å². The van der Waals surface area contributed by atoms with Gasteiger partial charge >= 0.3 is 6.23 Å². The van der Waals surface area contributed by atoms with Gasteiger partial charge in [0.25, 0.3) is 0 Å². The van der Waals surface area contributed by atoms with Crippen LogP contribution in [0.4, 0.5) is 0 Å². The van der Waals surface area contributed by atoms with E-state index in [0.29, 0.717) is 11.1 Å². The van der Waals surface area contributed by atoms with E-state index in [9.17, 15) is 10.1 Å². The summed E-state index contributed by atoms with van der Waals surface area (Å²) in [6, 6.07) is 8.30. The van der Waals surface area contributed by atoms with Crippen LogP contribution in [-0.4, -0.2) is 16.3 Å². The Morgan fingerprint density at radius 3 is 2.93 bits per heavy atom. The summed E-state index contributed by atoms with van der Waals surface area (Å²) in [5.74, 6) is 0. The predicted octanol–water partition coefficient (Wildman–Crippen LogP) is 0.696. The molecule has 1 atom stereocenters. The number of hydrogen-bond donors (Lipinski definition) is 1. The number of aliphatic hydroxyl groups excluding tert-OH is 1. The molecule has 72 valence electrons. The van der Waals surface area contributed by atoms with E-state index in [0.717, 1.165) is 0 Å². The lowest BCUT2D eigenvalue weighted by Gasteiger charge is -2.02. The van der Waals surface area contributed by atoms with Crippen LogP contribution in [-0.2, 0) is 6.42 Å². The lowest BCUT2D eigenvalue weighted by atomic mass is 10.1. The standard InChI is InChI=1S/C9H8N2O3/c10-6-8-3-1-2-7(4-8)5-9(12)11(13)14/h1-4,9,12H,5H2. The van der Waals surface area contributed by atoms with Gasteiger partial charge in [-0.2, -0.15) is 5.26 Å². The van der Waals surface area contributed by atoms with E-state index < -0.39 is 11.2 Å². The zero-order valence-electron chi connectivity index (χ0n) is 7.25. The maximum absolute atomic E-state index is 10.1. The molecule has 0 amide bonds. The van der Waals surface area contributed by atoms with Crippen molar-refractivity contribution in [1.82, 2.24) is 0 Å². The van der Waals surface area contributed by atoms with Crippen molar-refractivity contribution < 1.29 is 10.0 Å². The Morgan fingerprint density at radius 1 is 1.64 bits per heavy atom. The summed E-state index contributed by atoms with van der Waals surface area (Å²) in [5, 5.41) is 27.7. The Bertz CT molecular complexity index is 384. The summed E-state index contributed by atoms with van der Waals surface area (Å²) in [6.45, 7) is 0. The van der Waals surface area contributed by atoms with Gasteiger partial charge in [-0.05, 0) is 17.7 Å². The molecule has 14 heavy (non-hydrogen) atoms. The van der Waals surface area contributed by atoms with Crippen LogP contribution in [0, 0.1) is 21.4 Å². The normalized spacial score (nSPS) is 11.7. The van der Waals surface area contributed by atoms with Crippen LogP contribution in [0.15, 0.2) is 24.3 Å². The molecule has 1 aromatic rings. The van der Waals surface area contributed by atoms with Crippen molar-refractivity contribution >= 4 is 0 Å². The molecule has 1 unspecified atom stereocenters. The Kier molecular flexibility index (Phi) is 3.15. The van der Waals surface area contributed by atoms with Gasteiger partial charge in [-0.1, -0.05) is 12.1 Å². The summed E-state index contributed by atoms with van der Waals surface area (Å²) in [7, 11) is 0. The van der Waals surface area contributed by atoms with Gasteiger partial charge in [0.2, 0.25) is 0 Å². The second kappa shape index (κ2) is 4.35. The first-order valence-corrected chi connectivity index (χ1v) is 3.94. The van der Waals surface area contributed by atoms with Crippen molar-refractivity contribution in [3.05, 3.63) is 45.5 Å². The Hall–Kier alpha value is -1.93. The maximum Gasteiger partial charge on any atom is 0.317 e. The summed E-state index contributed by atoms with van der Waals surface area (Å²) in [5.41, 5.74) is 1.01. The van der Waals surface area contributed by atoms with E-state index in [1.807, 2.05) is 6.07 Å². The number of hydrogen-bond acceptors (Lipinski definition) is 4. The molecule has 0 bridgehead atoms. The molecule has 0 spiro atoms. The van der Waals surface area contributed by atoms with E-state index >= 15 is 0 Å². The molecular weight excluding hydrogens is 184 g/mol. The van der Waals surface area contributed by atoms with Gasteiger partial charge < -0.3 is 5.11 Å². The fourth-order valence-electron chi connectivity index (χ4n) is 1.05. The molecule has 0 aliphatic rings. The lowest BCUT2D eigenvalue weighted by molar-refractivity contribution is -0.569. The molecule has 1 N–H and O–H groups in total. The molecular formula is C9H8N2O3. The predicted molar refractivity (Wildman–Crippen MR) is 47.9 cm³/mol. The van der Waals surface area contributed by atoms with Crippen LogP contribution < -0.4 is 0 Å². The van der Waals surface area contributed by atoms with Crippen molar-refractivity contribution in [2.75, 3.05) is 0 Å². The van der Waals surface area contributed by atoms with Crippen molar-refractivity contribution in [3.8, 4) is 6.07 Å². The van der Waals surface area contributed by atoms with E-state index in [2.05, 4.69) is 0 Å². The third-order valence-electron chi connectivity index (χ3n) is 1.72. The third kappa shape index (κ3) is 2.54. The second-order valence-electron chi connectivity index (χ2n) is 2.78. The third-order valence-corrected chi connectivity index (χ3v) is 1.72. The SMILES string of the molecule is N#Cc1cccc(CC(O)[N+](=O)[O-])c1. The molecule has 0 radical (unpaired) electrons. The molecule has 0 aliphatic carbocycles. The van der Waals surface area contributed by atoms with Gasteiger partial charge in [0.1, 0.15) is 0 Å². The number of benzene rings is 1. The molecule has 1 aromatic carbocycles. The van der Waals surface area contributed by atoms with Crippen LogP contribution in [0.2, 0.25) is 0 Å². The molecule has 0 heterocycles. The highest BCUT2D eigenvalue weighted by Gasteiger charge is 2.15. The first-order chi connectivity index (χ1) is 6.63. The fraction of sp³-hybridized carbons (Fsp3) is 0.222. The minimum Gasteiger partial charge on any atom is -0.333 e. The van der Waals surface area contributed by atoms with E-state index in [1.54, 1.807) is 18.2 Å². The van der Waals surface area contributed by atoms with Crippen molar-refractivity contribution in [1.29, 1.82) is 5.26 Å². The van der Waals surface area contributed by atoms with Gasteiger partial charge in [-0.3, -0.25) is 10.1 Å². The quantitative estimate of drug-likeness (QED) is 0.433. The molecule has 0 fully saturated rings. The van der Waals surface area contributed by atoms with Crippen LogP contribution in [0.3, 0.4) is 0 Å². The summed E-state index contributed by atoms with van der Waals surface area (Å²) < 4.78 is 0. The van der Waals surface area contributed by atoms with Gasteiger partial charge in [-0.25, -0.2) is 0 Å². The van der Waals surface area contributed by atoms with Gasteiger partial charge in [0, 0.05) is 0 Å². The van der Waals surface area contributed by atoms with Gasteiger partial charge in [-0.15, -0.1) is 0 Å². The maximum atomic E-state index is 10.1. The number of rotatable bonds is 3. The minimum absolute atomic E-state index is 0.0808. The van der Waals surface area contributed by atoms with Gasteiger partial charge in [0.05, 0.1) is 23.0 Å². The first kappa shape index (κ1) is 10.2. The first-order valence-electron chi connectivity index (χ1n) is 3.94. The average molecular weight is 192 g/mol. The second-order valence-corrected chi connectivity index (χ2v) is 2.78. The Labute approximate surface area is 80.4 Å². The van der Waals surface area contributed by atoms with Crippen LogP contribution >= 0.6 is 0 Å². The highest BCUT2D eigenvalue weighted by Crippen LogP contribution is 2.07. The molecule has 0 aromatic heterocycles. The number of nitriles is 1. The monoisotopic (exact) mass is 192 g/mol. The number of aliphatic hydroxyl groups is 1. The zero-order valence-corrected chi connectivity index (χ0v) is 7.25. The molecule has 0 saturated heterocycles. The molecule has 5 heteroatoms. The molecule has 1 rings (SSSR count). The van der Waals surface area contributed by atoms with Gasteiger partial charge in [0.15, 0.2) is 0 Å². The zero-order chi connectivity index (χ0) is 10.6. The largest absolute Gasteiger partial charge is 0.333 e. The fourth-order valence-corrected chi connectivity index (χ4v) is 1.05. The highest BCUT2D eigenvalue weighted by molar-refractivity contribution is 5.32. The van der Waals surface area contributed by atoms with Crippen molar-refractivity contribution in [3.63, 3.8) is 0 Å². The molecule has 5 nitrogen and oxygen atoms in total. The van der Waals surface area contributed by atoms with E-state index in [4.69, 9.17) is 10.4 Å². The summed E-state index contributed by atoms with van der Waals surface area (Å²) >= 11 is 0. The summed E-state index contributed by atoms with van der Waals surface area (Å²) in [6.07, 6.45) is -1.69. The molecule has 0 aliphatic heterocycles. The Balaban J connectivity index is 2.78. The Morgan fingerprint density at radius 2 is 2.36 bits per heavy atom. The smallest absolute Gasteiger partial charge is 0.317 e. The van der Waals surface area contributed by atoms with Crippen molar-refractivity contribution in [2.24, 2.45) is 0 Å². The highest BCUT2D eigenvalue weighted by atomic mass is 16.7. The van der Waals surface area contributed by atoms with Crippen LogP contribution in [0.25, 0.3) is 0 Å².